The van der Waals surface area contributed by atoms with Crippen LogP contribution in [0.5, 0.6) is 11.5 Å². The van der Waals surface area contributed by atoms with Crippen LogP contribution in [-0.2, 0) is 4.79 Å². The number of rotatable bonds is 8. The van der Waals surface area contributed by atoms with Gasteiger partial charge in [0.25, 0.3) is 0 Å². The number of carbonyl (C=O) groups is 1. The number of hydrogen-bond donors (Lipinski definition) is 2. The Morgan fingerprint density at radius 1 is 1.12 bits per heavy atom. The highest BCUT2D eigenvalue weighted by Gasteiger charge is 2.05. The molecule has 0 spiro atoms. The molecule has 0 bridgehead atoms. The second kappa shape index (κ2) is 8.82. The van der Waals surface area contributed by atoms with Gasteiger partial charge < -0.3 is 20.1 Å². The Kier molecular flexibility index (Phi) is 6.49. The number of benzene rings is 2. The zero-order valence-corrected chi connectivity index (χ0v) is 14.4. The second-order valence-corrected chi connectivity index (χ2v) is 5.39. The van der Waals surface area contributed by atoms with Gasteiger partial charge in [-0.25, -0.2) is 0 Å². The van der Waals surface area contributed by atoms with Crippen LogP contribution < -0.4 is 20.1 Å². The van der Waals surface area contributed by atoms with Gasteiger partial charge in [-0.1, -0.05) is 6.07 Å². The maximum atomic E-state index is 12.0. The first-order chi connectivity index (χ1) is 11.6. The molecule has 5 nitrogen and oxygen atoms in total. The van der Waals surface area contributed by atoms with Crippen LogP contribution in [0, 0.1) is 6.92 Å². The van der Waals surface area contributed by atoms with Crippen molar-refractivity contribution in [2.24, 2.45) is 0 Å². The fourth-order valence-corrected chi connectivity index (χ4v) is 2.30. The molecular formula is C19H24N2O3. The van der Waals surface area contributed by atoms with Crippen molar-refractivity contribution in [3.63, 3.8) is 0 Å². The summed E-state index contributed by atoms with van der Waals surface area (Å²) in [5, 5.41) is 6.11. The van der Waals surface area contributed by atoms with Gasteiger partial charge in [0.15, 0.2) is 0 Å². The largest absolute Gasteiger partial charge is 0.495 e. The Hall–Kier alpha value is -2.69. The Bertz CT molecular complexity index is 669. The van der Waals surface area contributed by atoms with Gasteiger partial charge in [-0.15, -0.1) is 0 Å². The Labute approximate surface area is 143 Å². The van der Waals surface area contributed by atoms with Crippen molar-refractivity contribution in [3.05, 3.63) is 48.0 Å². The molecule has 0 aliphatic rings. The SMILES string of the molecule is CCOc1ccc(NC(=O)CCNc2cc(C)ccc2OC)cc1. The molecule has 0 fully saturated rings. The third kappa shape index (κ3) is 5.19. The van der Waals surface area contributed by atoms with Crippen LogP contribution in [0.3, 0.4) is 0 Å². The highest BCUT2D eigenvalue weighted by molar-refractivity contribution is 5.91. The standard InChI is InChI=1S/C19H24N2O3/c1-4-24-16-8-6-15(7-9-16)21-19(22)11-12-20-17-13-14(2)5-10-18(17)23-3/h5-10,13,20H,4,11-12H2,1-3H3,(H,21,22). The van der Waals surface area contributed by atoms with E-state index >= 15 is 0 Å². The third-order valence-corrected chi connectivity index (χ3v) is 3.47. The van der Waals surface area contributed by atoms with Crippen molar-refractivity contribution < 1.29 is 14.3 Å². The summed E-state index contributed by atoms with van der Waals surface area (Å²) < 4.78 is 10.7. The molecule has 0 aliphatic carbocycles. The van der Waals surface area contributed by atoms with Crippen molar-refractivity contribution in [3.8, 4) is 11.5 Å². The molecule has 2 aromatic carbocycles. The van der Waals surface area contributed by atoms with Crippen molar-refractivity contribution in [1.29, 1.82) is 0 Å². The maximum absolute atomic E-state index is 12.0. The lowest BCUT2D eigenvalue weighted by atomic mass is 10.2. The number of carbonyl (C=O) groups excluding carboxylic acids is 1. The number of amides is 1. The summed E-state index contributed by atoms with van der Waals surface area (Å²) in [6.07, 6.45) is 0.365. The highest BCUT2D eigenvalue weighted by atomic mass is 16.5. The first-order valence-corrected chi connectivity index (χ1v) is 8.03. The van der Waals surface area contributed by atoms with Gasteiger partial charge in [0.1, 0.15) is 11.5 Å². The molecule has 128 valence electrons. The monoisotopic (exact) mass is 328 g/mol. The summed E-state index contributed by atoms with van der Waals surface area (Å²) in [7, 11) is 1.63. The van der Waals surface area contributed by atoms with Gasteiger partial charge in [0.05, 0.1) is 19.4 Å². The quantitative estimate of drug-likeness (QED) is 0.773. The molecule has 0 saturated carbocycles. The minimum absolute atomic E-state index is 0.0433. The number of methoxy groups -OCH3 is 1. The summed E-state index contributed by atoms with van der Waals surface area (Å²) in [4.78, 5) is 12.0. The van der Waals surface area contributed by atoms with E-state index in [-0.39, 0.29) is 5.91 Å². The minimum Gasteiger partial charge on any atom is -0.495 e. The third-order valence-electron chi connectivity index (χ3n) is 3.47. The molecule has 0 saturated heterocycles. The van der Waals surface area contributed by atoms with E-state index in [0.29, 0.717) is 19.6 Å². The van der Waals surface area contributed by atoms with Gasteiger partial charge in [0, 0.05) is 18.7 Å². The summed E-state index contributed by atoms with van der Waals surface area (Å²) >= 11 is 0. The van der Waals surface area contributed by atoms with Crippen LogP contribution >= 0.6 is 0 Å². The van der Waals surface area contributed by atoms with Crippen molar-refractivity contribution in [2.45, 2.75) is 20.3 Å². The van der Waals surface area contributed by atoms with Crippen LogP contribution in [0.4, 0.5) is 11.4 Å². The number of anilines is 2. The molecule has 2 rings (SSSR count). The molecular weight excluding hydrogens is 304 g/mol. The smallest absolute Gasteiger partial charge is 0.226 e. The fourth-order valence-electron chi connectivity index (χ4n) is 2.30. The first kappa shape index (κ1) is 17.7. The topological polar surface area (TPSA) is 59.6 Å². The van der Waals surface area contributed by atoms with Gasteiger partial charge in [-0.05, 0) is 55.8 Å². The molecule has 0 radical (unpaired) electrons. The molecule has 0 unspecified atom stereocenters. The zero-order valence-electron chi connectivity index (χ0n) is 14.4. The lowest BCUT2D eigenvalue weighted by Gasteiger charge is -2.12. The summed E-state index contributed by atoms with van der Waals surface area (Å²) in [5.41, 5.74) is 2.79. The van der Waals surface area contributed by atoms with Crippen molar-refractivity contribution in [1.82, 2.24) is 0 Å². The average molecular weight is 328 g/mol. The second-order valence-electron chi connectivity index (χ2n) is 5.39. The minimum atomic E-state index is -0.0433. The molecule has 2 N–H and O–H groups in total. The average Bonchev–Trinajstić information content (AvgIpc) is 2.57. The predicted molar refractivity (Wildman–Crippen MR) is 97.1 cm³/mol. The lowest BCUT2D eigenvalue weighted by molar-refractivity contribution is -0.115. The number of ether oxygens (including phenoxy) is 2. The van der Waals surface area contributed by atoms with E-state index in [1.165, 1.54) is 0 Å². The van der Waals surface area contributed by atoms with Gasteiger partial charge >= 0.3 is 0 Å². The van der Waals surface area contributed by atoms with E-state index in [1.807, 2.05) is 56.3 Å². The fraction of sp³-hybridized carbons (Fsp3) is 0.316. The predicted octanol–water partition coefficient (Wildman–Crippen LogP) is 3.84. The first-order valence-electron chi connectivity index (χ1n) is 8.03. The summed E-state index contributed by atoms with van der Waals surface area (Å²) in [6.45, 7) is 5.11. The van der Waals surface area contributed by atoms with Gasteiger partial charge in [-0.3, -0.25) is 4.79 Å². The van der Waals surface area contributed by atoms with Crippen LogP contribution in [0.15, 0.2) is 42.5 Å². The van der Waals surface area contributed by atoms with E-state index in [4.69, 9.17) is 9.47 Å². The van der Waals surface area contributed by atoms with E-state index < -0.39 is 0 Å². The normalized spacial score (nSPS) is 10.1. The van der Waals surface area contributed by atoms with E-state index in [1.54, 1.807) is 7.11 Å². The van der Waals surface area contributed by atoms with Gasteiger partial charge in [-0.2, -0.15) is 0 Å². The molecule has 24 heavy (non-hydrogen) atoms. The van der Waals surface area contributed by atoms with Gasteiger partial charge in [0.2, 0.25) is 5.91 Å². The highest BCUT2D eigenvalue weighted by Crippen LogP contribution is 2.25. The molecule has 0 atom stereocenters. The van der Waals surface area contributed by atoms with E-state index in [9.17, 15) is 4.79 Å². The van der Waals surface area contributed by atoms with Crippen molar-refractivity contribution in [2.75, 3.05) is 30.9 Å². The van der Waals surface area contributed by atoms with Crippen LogP contribution in [-0.4, -0.2) is 26.2 Å². The Morgan fingerprint density at radius 3 is 2.54 bits per heavy atom. The Morgan fingerprint density at radius 2 is 1.88 bits per heavy atom. The van der Waals surface area contributed by atoms with Crippen molar-refractivity contribution >= 4 is 17.3 Å². The lowest BCUT2D eigenvalue weighted by Crippen LogP contribution is -2.16. The van der Waals surface area contributed by atoms with Crippen LogP contribution in [0.2, 0.25) is 0 Å². The van der Waals surface area contributed by atoms with Crippen LogP contribution in [0.25, 0.3) is 0 Å². The van der Waals surface area contributed by atoms with E-state index in [0.717, 1.165) is 28.4 Å². The van der Waals surface area contributed by atoms with Crippen LogP contribution in [0.1, 0.15) is 18.9 Å². The summed E-state index contributed by atoms with van der Waals surface area (Å²) in [5.74, 6) is 1.52. The molecule has 0 heterocycles. The molecule has 0 aromatic heterocycles. The number of nitrogens with one attached hydrogen (secondary N) is 2. The maximum Gasteiger partial charge on any atom is 0.226 e. The zero-order chi connectivity index (χ0) is 17.4. The molecule has 1 amide bonds. The molecule has 2 aromatic rings. The molecule has 0 aliphatic heterocycles. The summed E-state index contributed by atoms with van der Waals surface area (Å²) in [6, 6.07) is 13.3. The number of aryl methyl sites for hydroxylation is 1. The number of hydrogen-bond acceptors (Lipinski definition) is 4. The molecule has 5 heteroatoms. The van der Waals surface area contributed by atoms with E-state index in [2.05, 4.69) is 10.6 Å². The Balaban J connectivity index is 1.82.